The lowest BCUT2D eigenvalue weighted by Gasteiger charge is -2.60. The molecule has 2 heteroatoms. The van der Waals surface area contributed by atoms with Gasteiger partial charge in [0.25, 0.3) is 0 Å². The Balaban J connectivity index is 1.42. The lowest BCUT2D eigenvalue weighted by molar-refractivity contribution is -0.0907. The Kier molecular flexibility index (Phi) is 4.27. The van der Waals surface area contributed by atoms with Crippen LogP contribution in [0.4, 0.5) is 0 Å². The highest BCUT2D eigenvalue weighted by atomic mass is 16.1. The Morgan fingerprint density at radius 1 is 0.926 bits per heavy atom. The van der Waals surface area contributed by atoms with Gasteiger partial charge in [0, 0.05) is 17.5 Å². The lowest BCUT2D eigenvalue weighted by Crippen LogP contribution is -2.59. The predicted molar refractivity (Wildman–Crippen MR) is 110 cm³/mol. The number of nitrogens with one attached hydrogen (secondary N) is 1. The smallest absolute Gasteiger partial charge is 0.166 e. The second-order valence-electron chi connectivity index (χ2n) is 10.5. The fourth-order valence-corrected chi connectivity index (χ4v) is 8.13. The molecule has 1 N–H and O–H groups in total. The fourth-order valence-electron chi connectivity index (χ4n) is 8.13. The van der Waals surface area contributed by atoms with Crippen LogP contribution in [0, 0.1) is 34.5 Å². The Morgan fingerprint density at radius 3 is 2.52 bits per heavy atom. The van der Waals surface area contributed by atoms with E-state index in [0.717, 1.165) is 35.8 Å². The molecule has 1 aromatic carbocycles. The molecule has 27 heavy (non-hydrogen) atoms. The van der Waals surface area contributed by atoms with Crippen LogP contribution < -0.4 is 5.32 Å². The molecule has 0 aromatic heterocycles. The van der Waals surface area contributed by atoms with Crippen LogP contribution in [0.25, 0.3) is 0 Å². The zero-order valence-corrected chi connectivity index (χ0v) is 17.0. The number of fused-ring (bicyclic) bond motifs is 5. The van der Waals surface area contributed by atoms with Crippen molar-refractivity contribution in [3.05, 3.63) is 35.9 Å². The van der Waals surface area contributed by atoms with Crippen LogP contribution in [0.5, 0.6) is 0 Å². The zero-order valence-electron chi connectivity index (χ0n) is 17.0. The van der Waals surface area contributed by atoms with Gasteiger partial charge in [0.05, 0.1) is 0 Å². The molecule has 146 valence electrons. The van der Waals surface area contributed by atoms with Crippen molar-refractivity contribution in [3.63, 3.8) is 0 Å². The molecule has 1 aliphatic heterocycles. The third-order valence-electron chi connectivity index (χ3n) is 9.53. The van der Waals surface area contributed by atoms with Gasteiger partial charge in [-0.2, -0.15) is 0 Å². The number of benzene rings is 1. The summed E-state index contributed by atoms with van der Waals surface area (Å²) < 4.78 is 0. The van der Waals surface area contributed by atoms with E-state index in [-0.39, 0.29) is 11.3 Å². The Bertz CT molecular complexity index is 714. The van der Waals surface area contributed by atoms with E-state index in [1.54, 1.807) is 0 Å². The average Bonchev–Trinajstić information content (AvgIpc) is 3.05. The second-order valence-corrected chi connectivity index (χ2v) is 10.5. The molecule has 4 aliphatic rings. The van der Waals surface area contributed by atoms with E-state index in [9.17, 15) is 4.79 Å². The summed E-state index contributed by atoms with van der Waals surface area (Å²) in [6.45, 7) is 6.28. The van der Waals surface area contributed by atoms with Crippen LogP contribution in [0.1, 0.15) is 75.6 Å². The number of carbonyl (C=O) groups excluding carboxylic acids is 1. The summed E-state index contributed by atoms with van der Waals surface area (Å²) in [5, 5.41) is 3.86. The first-order valence-electron chi connectivity index (χ1n) is 11.4. The molecule has 3 saturated carbocycles. The van der Waals surface area contributed by atoms with E-state index in [4.69, 9.17) is 0 Å². The highest BCUT2D eigenvalue weighted by Gasteiger charge is 2.60. The van der Waals surface area contributed by atoms with Crippen molar-refractivity contribution in [2.75, 3.05) is 6.54 Å². The van der Waals surface area contributed by atoms with Crippen molar-refractivity contribution < 1.29 is 4.79 Å². The number of ketones is 1. The van der Waals surface area contributed by atoms with Gasteiger partial charge in [-0.3, -0.25) is 4.79 Å². The minimum Gasteiger partial charge on any atom is -0.313 e. The van der Waals surface area contributed by atoms with Crippen molar-refractivity contribution in [2.45, 2.75) is 71.3 Å². The molecule has 2 unspecified atom stereocenters. The average molecular weight is 366 g/mol. The summed E-state index contributed by atoms with van der Waals surface area (Å²) >= 11 is 0. The maximum atomic E-state index is 13.3. The lowest BCUT2D eigenvalue weighted by atomic mass is 9.47. The van der Waals surface area contributed by atoms with Gasteiger partial charge >= 0.3 is 0 Å². The molecular formula is C25H35NO. The fraction of sp³-hybridized carbons (Fsp3) is 0.720. The maximum Gasteiger partial charge on any atom is 0.166 e. The minimum absolute atomic E-state index is 0.222. The predicted octanol–water partition coefficient (Wildman–Crippen LogP) is 5.48. The third-order valence-corrected chi connectivity index (χ3v) is 9.53. The Morgan fingerprint density at radius 2 is 1.70 bits per heavy atom. The number of piperidine rings is 1. The Hall–Kier alpha value is -1.15. The monoisotopic (exact) mass is 365 g/mol. The topological polar surface area (TPSA) is 29.1 Å². The van der Waals surface area contributed by atoms with Crippen molar-refractivity contribution in [3.8, 4) is 0 Å². The van der Waals surface area contributed by atoms with Crippen molar-refractivity contribution >= 4 is 5.78 Å². The highest BCUT2D eigenvalue weighted by molar-refractivity contribution is 5.98. The third kappa shape index (κ3) is 2.58. The van der Waals surface area contributed by atoms with Gasteiger partial charge in [0.1, 0.15) is 0 Å². The number of carbonyl (C=O) groups is 1. The summed E-state index contributed by atoms with van der Waals surface area (Å²) in [5.41, 5.74) is 1.64. The molecule has 1 heterocycles. The molecule has 2 nitrogen and oxygen atoms in total. The molecule has 1 saturated heterocycles. The molecule has 0 amide bonds. The highest BCUT2D eigenvalue weighted by Crippen LogP contribution is 2.65. The van der Waals surface area contributed by atoms with E-state index in [0.29, 0.717) is 11.2 Å². The first-order chi connectivity index (χ1) is 13.0. The number of rotatable bonds is 2. The summed E-state index contributed by atoms with van der Waals surface area (Å²) in [6, 6.07) is 10.8. The van der Waals surface area contributed by atoms with Crippen molar-refractivity contribution in [2.24, 2.45) is 34.5 Å². The second kappa shape index (κ2) is 6.44. The largest absolute Gasteiger partial charge is 0.313 e. The van der Waals surface area contributed by atoms with Crippen LogP contribution in [-0.2, 0) is 0 Å². The minimum atomic E-state index is 0.222. The number of hydrogen-bond donors (Lipinski definition) is 1. The molecular weight excluding hydrogens is 330 g/mol. The van der Waals surface area contributed by atoms with Gasteiger partial charge in [-0.05, 0) is 86.5 Å². The van der Waals surface area contributed by atoms with E-state index in [1.807, 2.05) is 30.3 Å². The molecule has 0 radical (unpaired) electrons. The van der Waals surface area contributed by atoms with Crippen LogP contribution in [0.3, 0.4) is 0 Å². The normalized spacial score (nSPS) is 46.2. The maximum absolute atomic E-state index is 13.3. The summed E-state index contributed by atoms with van der Waals surface area (Å²) in [5.74, 6) is 3.12. The quantitative estimate of drug-likeness (QED) is 0.703. The van der Waals surface area contributed by atoms with Crippen LogP contribution in [-0.4, -0.2) is 18.4 Å². The van der Waals surface area contributed by atoms with Crippen LogP contribution in [0.2, 0.25) is 0 Å². The number of Topliss-reactive ketones (excluding diaryl/α,β-unsaturated/α-hetero) is 1. The molecule has 5 rings (SSSR count). The van der Waals surface area contributed by atoms with Crippen LogP contribution >= 0.6 is 0 Å². The Labute approximate surface area is 164 Å². The van der Waals surface area contributed by atoms with Gasteiger partial charge in [0.2, 0.25) is 0 Å². The van der Waals surface area contributed by atoms with Gasteiger partial charge in [-0.25, -0.2) is 0 Å². The molecule has 0 bridgehead atoms. The summed E-state index contributed by atoms with van der Waals surface area (Å²) in [4.78, 5) is 13.3. The molecule has 0 spiro atoms. The van der Waals surface area contributed by atoms with Gasteiger partial charge in [-0.15, -0.1) is 0 Å². The standard InChI is InChI=1S/C25H35NO/c1-24-15-13-20-18(9-12-22-25(20,2)14-6-16-26-22)19(24)10-11-21(24)23(27)17-7-4-3-5-8-17/h3-5,7-8,18-22,26H,6,9-16H2,1-2H3/t18-,19-,20+,21?,22?,24-,25+/m0/s1. The zero-order chi connectivity index (χ0) is 18.6. The summed E-state index contributed by atoms with van der Waals surface area (Å²) in [7, 11) is 0. The van der Waals surface area contributed by atoms with Crippen LogP contribution in [0.15, 0.2) is 30.3 Å². The molecule has 4 fully saturated rings. The summed E-state index contributed by atoms with van der Waals surface area (Å²) in [6.07, 6.45) is 10.4. The van der Waals surface area contributed by atoms with E-state index in [1.165, 1.54) is 51.5 Å². The molecule has 1 aromatic rings. The number of hydrogen-bond acceptors (Lipinski definition) is 2. The molecule has 7 atom stereocenters. The van der Waals surface area contributed by atoms with E-state index < -0.39 is 0 Å². The van der Waals surface area contributed by atoms with Gasteiger partial charge in [0.15, 0.2) is 5.78 Å². The first kappa shape index (κ1) is 17.9. The van der Waals surface area contributed by atoms with E-state index >= 15 is 0 Å². The van der Waals surface area contributed by atoms with E-state index in [2.05, 4.69) is 19.2 Å². The van der Waals surface area contributed by atoms with Crippen molar-refractivity contribution in [1.82, 2.24) is 5.32 Å². The van der Waals surface area contributed by atoms with Crippen molar-refractivity contribution in [1.29, 1.82) is 0 Å². The first-order valence-corrected chi connectivity index (χ1v) is 11.4. The molecule has 3 aliphatic carbocycles. The van der Waals surface area contributed by atoms with Gasteiger partial charge < -0.3 is 5.32 Å². The SMILES string of the molecule is C[C@]12CCCNC1CC[C@@H]1[C@H]2CC[C@]2(C)C(C(=O)c3ccccc3)CC[C@@H]12. The van der Waals surface area contributed by atoms with Gasteiger partial charge in [-0.1, -0.05) is 44.2 Å².